The Bertz CT molecular complexity index is 635. The third-order valence-electron chi connectivity index (χ3n) is 2.39. The molecule has 2 aromatic rings. The van der Waals surface area contributed by atoms with Crippen LogP contribution in [0.25, 0.3) is 11.3 Å². The van der Waals surface area contributed by atoms with Gasteiger partial charge in [0.1, 0.15) is 0 Å². The SMILES string of the molecule is N#CCc1cnc(-c2cccc(F)c2F)c(Cl)c1. The maximum Gasteiger partial charge on any atom is 0.168 e. The lowest BCUT2D eigenvalue weighted by Gasteiger charge is -2.06. The van der Waals surface area contributed by atoms with E-state index in [1.54, 1.807) is 0 Å². The maximum atomic E-state index is 13.6. The van der Waals surface area contributed by atoms with Gasteiger partial charge in [0.2, 0.25) is 0 Å². The van der Waals surface area contributed by atoms with Crippen molar-refractivity contribution in [2.24, 2.45) is 0 Å². The maximum absolute atomic E-state index is 13.6. The van der Waals surface area contributed by atoms with Crippen LogP contribution < -0.4 is 0 Å². The summed E-state index contributed by atoms with van der Waals surface area (Å²) in [4.78, 5) is 3.98. The van der Waals surface area contributed by atoms with E-state index >= 15 is 0 Å². The molecule has 1 aromatic carbocycles. The van der Waals surface area contributed by atoms with Crippen LogP contribution in [0.4, 0.5) is 8.78 Å². The summed E-state index contributed by atoms with van der Waals surface area (Å²) in [6.07, 6.45) is 1.59. The molecule has 0 unspecified atom stereocenters. The average molecular weight is 265 g/mol. The number of nitriles is 1. The van der Waals surface area contributed by atoms with Crippen LogP contribution >= 0.6 is 11.6 Å². The Hall–Kier alpha value is -1.99. The molecule has 2 rings (SSSR count). The van der Waals surface area contributed by atoms with Gasteiger partial charge in [0.05, 0.1) is 23.2 Å². The van der Waals surface area contributed by atoms with Gasteiger partial charge in [0.15, 0.2) is 11.6 Å². The largest absolute Gasteiger partial charge is 0.254 e. The second kappa shape index (κ2) is 5.11. The van der Waals surface area contributed by atoms with Crippen LogP contribution in [-0.2, 0) is 6.42 Å². The molecule has 0 bridgehead atoms. The third kappa shape index (κ3) is 2.31. The molecule has 2 nitrogen and oxygen atoms in total. The molecule has 1 aromatic heterocycles. The first-order valence-electron chi connectivity index (χ1n) is 5.09. The molecule has 0 amide bonds. The summed E-state index contributed by atoms with van der Waals surface area (Å²) < 4.78 is 26.7. The highest BCUT2D eigenvalue weighted by molar-refractivity contribution is 6.33. The molecule has 18 heavy (non-hydrogen) atoms. The van der Waals surface area contributed by atoms with E-state index in [-0.39, 0.29) is 22.7 Å². The number of nitrogens with zero attached hydrogens (tertiary/aromatic N) is 2. The fraction of sp³-hybridized carbons (Fsp3) is 0.0769. The molecule has 0 saturated carbocycles. The number of halogens is 3. The zero-order chi connectivity index (χ0) is 13.1. The van der Waals surface area contributed by atoms with E-state index in [2.05, 4.69) is 4.98 Å². The highest BCUT2D eigenvalue weighted by atomic mass is 35.5. The van der Waals surface area contributed by atoms with Crippen molar-refractivity contribution in [2.75, 3.05) is 0 Å². The molecule has 0 radical (unpaired) electrons. The second-order valence-corrected chi connectivity index (χ2v) is 4.02. The quantitative estimate of drug-likeness (QED) is 0.828. The van der Waals surface area contributed by atoms with Crippen molar-refractivity contribution >= 4 is 11.6 Å². The molecule has 0 spiro atoms. The first-order chi connectivity index (χ1) is 8.63. The molecule has 5 heteroatoms. The van der Waals surface area contributed by atoms with Crippen LogP contribution in [0.5, 0.6) is 0 Å². The lowest BCUT2D eigenvalue weighted by molar-refractivity contribution is 0.511. The average Bonchev–Trinajstić information content (AvgIpc) is 2.34. The summed E-state index contributed by atoms with van der Waals surface area (Å²) in [6.45, 7) is 0. The fourth-order valence-electron chi connectivity index (χ4n) is 1.55. The monoisotopic (exact) mass is 264 g/mol. The standard InChI is InChI=1S/C13H7ClF2N2/c14-10-6-8(4-5-17)7-18-13(10)9-2-1-3-11(15)12(9)16/h1-3,6-7H,4H2. The molecule has 0 saturated heterocycles. The number of rotatable bonds is 2. The second-order valence-electron chi connectivity index (χ2n) is 3.61. The molecular weight excluding hydrogens is 258 g/mol. The topological polar surface area (TPSA) is 36.7 Å². The molecule has 0 aliphatic rings. The highest BCUT2D eigenvalue weighted by Crippen LogP contribution is 2.29. The lowest BCUT2D eigenvalue weighted by atomic mass is 10.1. The number of pyridine rings is 1. The van der Waals surface area contributed by atoms with Crippen molar-refractivity contribution in [3.63, 3.8) is 0 Å². The minimum Gasteiger partial charge on any atom is -0.254 e. The normalized spacial score (nSPS) is 10.1. The van der Waals surface area contributed by atoms with Crippen LogP contribution in [0, 0.1) is 23.0 Å². The molecular formula is C13H7ClF2N2. The zero-order valence-electron chi connectivity index (χ0n) is 9.12. The predicted octanol–water partition coefficient (Wildman–Crippen LogP) is 3.75. The Kier molecular flexibility index (Phi) is 3.54. The zero-order valence-corrected chi connectivity index (χ0v) is 9.88. The fourth-order valence-corrected chi connectivity index (χ4v) is 1.84. The van der Waals surface area contributed by atoms with Gasteiger partial charge >= 0.3 is 0 Å². The minimum absolute atomic E-state index is 0.00325. The summed E-state index contributed by atoms with van der Waals surface area (Å²) in [5, 5.41) is 8.73. The minimum atomic E-state index is -0.986. The first-order valence-corrected chi connectivity index (χ1v) is 5.47. The molecule has 0 atom stereocenters. The van der Waals surface area contributed by atoms with E-state index in [4.69, 9.17) is 16.9 Å². The summed E-state index contributed by atoms with van der Waals surface area (Å²) in [6, 6.07) is 7.29. The van der Waals surface area contributed by atoms with Gasteiger partial charge in [0, 0.05) is 11.8 Å². The van der Waals surface area contributed by atoms with E-state index in [0.717, 1.165) is 6.07 Å². The van der Waals surface area contributed by atoms with E-state index in [1.165, 1.54) is 24.4 Å². The van der Waals surface area contributed by atoms with Crippen molar-refractivity contribution in [1.29, 1.82) is 5.26 Å². The van der Waals surface area contributed by atoms with Crippen LogP contribution in [0.1, 0.15) is 5.56 Å². The summed E-state index contributed by atoms with van der Waals surface area (Å²) >= 11 is 5.96. The molecule has 1 heterocycles. The van der Waals surface area contributed by atoms with Gasteiger partial charge in [-0.1, -0.05) is 17.7 Å². The summed E-state index contributed by atoms with van der Waals surface area (Å²) in [7, 11) is 0. The number of hydrogen-bond donors (Lipinski definition) is 0. The van der Waals surface area contributed by atoms with Crippen molar-refractivity contribution in [2.45, 2.75) is 6.42 Å². The van der Waals surface area contributed by atoms with Crippen molar-refractivity contribution in [1.82, 2.24) is 4.98 Å². The Labute approximate surface area is 107 Å². The third-order valence-corrected chi connectivity index (χ3v) is 2.68. The van der Waals surface area contributed by atoms with Crippen molar-refractivity contribution in [3.8, 4) is 17.3 Å². The Morgan fingerprint density at radius 1 is 1.33 bits per heavy atom. The lowest BCUT2D eigenvalue weighted by Crippen LogP contribution is -1.94. The van der Waals surface area contributed by atoms with Gasteiger partial charge in [-0.25, -0.2) is 8.78 Å². The van der Waals surface area contributed by atoms with Gasteiger partial charge in [-0.3, -0.25) is 4.98 Å². The van der Waals surface area contributed by atoms with Crippen LogP contribution in [0.2, 0.25) is 5.02 Å². The van der Waals surface area contributed by atoms with Gasteiger partial charge in [-0.15, -0.1) is 0 Å². The number of aromatic nitrogens is 1. The molecule has 0 N–H and O–H groups in total. The number of benzene rings is 1. The first kappa shape index (κ1) is 12.5. The number of hydrogen-bond acceptors (Lipinski definition) is 2. The smallest absolute Gasteiger partial charge is 0.168 e. The Morgan fingerprint density at radius 2 is 2.11 bits per heavy atom. The molecule has 0 aliphatic carbocycles. The summed E-state index contributed by atoms with van der Waals surface area (Å²) in [5.74, 6) is -1.94. The van der Waals surface area contributed by atoms with E-state index in [0.29, 0.717) is 5.56 Å². The van der Waals surface area contributed by atoms with Crippen molar-refractivity contribution in [3.05, 3.63) is 52.7 Å². The van der Waals surface area contributed by atoms with Gasteiger partial charge < -0.3 is 0 Å². The van der Waals surface area contributed by atoms with Crippen LogP contribution in [0.15, 0.2) is 30.5 Å². The Balaban J connectivity index is 2.52. The molecule has 0 fully saturated rings. The molecule has 0 aliphatic heterocycles. The van der Waals surface area contributed by atoms with E-state index in [9.17, 15) is 8.78 Å². The molecule has 90 valence electrons. The van der Waals surface area contributed by atoms with Gasteiger partial charge in [0.25, 0.3) is 0 Å². The van der Waals surface area contributed by atoms with Gasteiger partial charge in [-0.2, -0.15) is 5.26 Å². The summed E-state index contributed by atoms with van der Waals surface area (Å²) in [5.41, 5.74) is 0.793. The van der Waals surface area contributed by atoms with Crippen molar-refractivity contribution < 1.29 is 8.78 Å². The highest BCUT2D eigenvalue weighted by Gasteiger charge is 2.14. The Morgan fingerprint density at radius 3 is 2.78 bits per heavy atom. The van der Waals surface area contributed by atoms with Crippen LogP contribution in [0.3, 0.4) is 0 Å². The van der Waals surface area contributed by atoms with Gasteiger partial charge in [-0.05, 0) is 23.8 Å². The predicted molar refractivity (Wildman–Crippen MR) is 63.9 cm³/mol. The van der Waals surface area contributed by atoms with E-state index in [1.807, 2.05) is 6.07 Å². The van der Waals surface area contributed by atoms with E-state index < -0.39 is 11.6 Å². The van der Waals surface area contributed by atoms with Crippen LogP contribution in [-0.4, -0.2) is 4.98 Å².